The fourth-order valence-electron chi connectivity index (χ4n) is 2.27. The van der Waals surface area contributed by atoms with E-state index in [1.54, 1.807) is 17.0 Å². The summed E-state index contributed by atoms with van der Waals surface area (Å²) in [7, 11) is 0. The Kier molecular flexibility index (Phi) is 4.98. The molecule has 5 heteroatoms. The summed E-state index contributed by atoms with van der Waals surface area (Å²) in [6.07, 6.45) is 4.36. The molecule has 1 aromatic carbocycles. The lowest BCUT2D eigenvalue weighted by Crippen LogP contribution is -2.33. The van der Waals surface area contributed by atoms with E-state index in [2.05, 4.69) is 11.9 Å². The van der Waals surface area contributed by atoms with E-state index in [4.69, 9.17) is 5.73 Å². The van der Waals surface area contributed by atoms with E-state index < -0.39 is 0 Å². The number of benzene rings is 1. The Morgan fingerprint density at radius 2 is 1.95 bits per heavy atom. The zero-order chi connectivity index (χ0) is 15.2. The third-order valence-electron chi connectivity index (χ3n) is 3.38. The number of nitrogens with zero attached hydrogens (tertiary/aromatic N) is 3. The van der Waals surface area contributed by atoms with E-state index in [0.717, 1.165) is 24.2 Å². The van der Waals surface area contributed by atoms with E-state index in [1.165, 1.54) is 0 Å². The average Bonchev–Trinajstić information content (AvgIpc) is 2.49. The van der Waals surface area contributed by atoms with E-state index in [1.807, 2.05) is 36.1 Å². The second-order valence-electron chi connectivity index (χ2n) is 5.01. The molecule has 5 nitrogen and oxygen atoms in total. The van der Waals surface area contributed by atoms with Gasteiger partial charge in [0, 0.05) is 37.7 Å². The number of anilines is 2. The van der Waals surface area contributed by atoms with Crippen LogP contribution in [0.2, 0.25) is 0 Å². The smallest absolute Gasteiger partial charge is 0.293 e. The fraction of sp³-hybridized carbons (Fsp3) is 0.375. The highest BCUT2D eigenvalue weighted by Gasteiger charge is 2.13. The summed E-state index contributed by atoms with van der Waals surface area (Å²) in [5.41, 5.74) is 7.53. The van der Waals surface area contributed by atoms with E-state index in [-0.39, 0.29) is 5.56 Å². The van der Waals surface area contributed by atoms with Gasteiger partial charge in [0.25, 0.3) is 5.56 Å². The molecule has 2 aromatic rings. The molecule has 0 aliphatic carbocycles. The van der Waals surface area contributed by atoms with Gasteiger partial charge in [0.05, 0.1) is 0 Å². The summed E-state index contributed by atoms with van der Waals surface area (Å²) in [5.74, 6) is 0.512. The number of aromatic nitrogens is 2. The van der Waals surface area contributed by atoms with Crippen molar-refractivity contribution < 1.29 is 0 Å². The fourth-order valence-corrected chi connectivity index (χ4v) is 2.27. The first-order chi connectivity index (χ1) is 10.2. The number of aryl methyl sites for hydroxylation is 1. The van der Waals surface area contributed by atoms with Crippen molar-refractivity contribution in [2.75, 3.05) is 17.2 Å². The SMILES string of the molecule is CCCN(Cc1ccc(N)cc1)c1nccn(CC)c1=O. The topological polar surface area (TPSA) is 64.2 Å². The van der Waals surface area contributed by atoms with Crippen molar-refractivity contribution in [2.45, 2.75) is 33.4 Å². The minimum Gasteiger partial charge on any atom is -0.399 e. The molecular formula is C16H22N4O. The summed E-state index contributed by atoms with van der Waals surface area (Å²) >= 11 is 0. The van der Waals surface area contributed by atoms with Crippen molar-refractivity contribution >= 4 is 11.5 Å². The quantitative estimate of drug-likeness (QED) is 0.827. The van der Waals surface area contributed by atoms with Crippen molar-refractivity contribution in [3.05, 3.63) is 52.6 Å². The van der Waals surface area contributed by atoms with Crippen LogP contribution in [0.25, 0.3) is 0 Å². The van der Waals surface area contributed by atoms with Gasteiger partial charge in [-0.2, -0.15) is 0 Å². The summed E-state index contributed by atoms with van der Waals surface area (Å²) < 4.78 is 1.67. The molecule has 0 aliphatic rings. The molecule has 1 aromatic heterocycles. The second-order valence-corrected chi connectivity index (χ2v) is 5.01. The first-order valence-electron chi connectivity index (χ1n) is 7.30. The van der Waals surface area contributed by atoms with Gasteiger partial charge in [-0.1, -0.05) is 19.1 Å². The molecule has 2 N–H and O–H groups in total. The Labute approximate surface area is 125 Å². The summed E-state index contributed by atoms with van der Waals surface area (Å²) in [4.78, 5) is 18.7. The molecule has 0 spiro atoms. The summed E-state index contributed by atoms with van der Waals surface area (Å²) in [6.45, 7) is 6.15. The summed E-state index contributed by atoms with van der Waals surface area (Å²) in [5, 5.41) is 0. The maximum absolute atomic E-state index is 12.4. The highest BCUT2D eigenvalue weighted by atomic mass is 16.1. The van der Waals surface area contributed by atoms with Gasteiger partial charge in [0.15, 0.2) is 5.82 Å². The van der Waals surface area contributed by atoms with Gasteiger partial charge in [0.2, 0.25) is 0 Å². The Balaban J connectivity index is 2.30. The van der Waals surface area contributed by atoms with Crippen molar-refractivity contribution in [1.29, 1.82) is 0 Å². The molecular weight excluding hydrogens is 264 g/mol. The van der Waals surface area contributed by atoms with Crippen LogP contribution in [0.5, 0.6) is 0 Å². The molecule has 0 saturated carbocycles. The van der Waals surface area contributed by atoms with Crippen molar-refractivity contribution in [3.8, 4) is 0 Å². The molecule has 2 rings (SSSR count). The molecule has 0 saturated heterocycles. The van der Waals surface area contributed by atoms with Gasteiger partial charge >= 0.3 is 0 Å². The number of rotatable bonds is 6. The first-order valence-corrected chi connectivity index (χ1v) is 7.30. The van der Waals surface area contributed by atoms with Crippen molar-refractivity contribution in [1.82, 2.24) is 9.55 Å². The first kappa shape index (κ1) is 15.1. The van der Waals surface area contributed by atoms with Gasteiger partial charge in [-0.05, 0) is 31.0 Å². The van der Waals surface area contributed by atoms with Crippen LogP contribution in [0.1, 0.15) is 25.8 Å². The van der Waals surface area contributed by atoms with Gasteiger partial charge in [-0.3, -0.25) is 4.79 Å². The standard InChI is InChI=1S/C16H22N4O/c1-3-10-20(12-13-5-7-14(17)8-6-13)15-16(21)19(4-2)11-9-18-15/h5-9,11H,3-4,10,12,17H2,1-2H3. The minimum absolute atomic E-state index is 0.0381. The van der Waals surface area contributed by atoms with E-state index in [9.17, 15) is 4.79 Å². The summed E-state index contributed by atoms with van der Waals surface area (Å²) in [6, 6.07) is 7.73. The molecule has 0 bridgehead atoms. The molecule has 0 fully saturated rings. The molecule has 1 heterocycles. The van der Waals surface area contributed by atoms with E-state index in [0.29, 0.717) is 18.9 Å². The average molecular weight is 286 g/mol. The Morgan fingerprint density at radius 1 is 1.24 bits per heavy atom. The maximum atomic E-state index is 12.4. The van der Waals surface area contributed by atoms with Crippen LogP contribution in [0, 0.1) is 0 Å². The molecule has 21 heavy (non-hydrogen) atoms. The van der Waals surface area contributed by atoms with Crippen molar-refractivity contribution in [3.63, 3.8) is 0 Å². The lowest BCUT2D eigenvalue weighted by atomic mass is 10.2. The maximum Gasteiger partial charge on any atom is 0.293 e. The van der Waals surface area contributed by atoms with Gasteiger partial charge in [0.1, 0.15) is 0 Å². The second kappa shape index (κ2) is 6.92. The van der Waals surface area contributed by atoms with Crippen LogP contribution >= 0.6 is 0 Å². The van der Waals surface area contributed by atoms with Crippen LogP contribution in [0.4, 0.5) is 11.5 Å². The zero-order valence-electron chi connectivity index (χ0n) is 12.6. The van der Waals surface area contributed by atoms with Gasteiger partial charge in [-0.15, -0.1) is 0 Å². The highest BCUT2D eigenvalue weighted by Crippen LogP contribution is 2.13. The van der Waals surface area contributed by atoms with Crippen LogP contribution in [-0.2, 0) is 13.1 Å². The molecule has 0 atom stereocenters. The molecule has 112 valence electrons. The normalized spacial score (nSPS) is 10.6. The lowest BCUT2D eigenvalue weighted by molar-refractivity contribution is 0.688. The third kappa shape index (κ3) is 3.62. The van der Waals surface area contributed by atoms with Crippen LogP contribution in [0.3, 0.4) is 0 Å². The number of nitrogens with two attached hydrogens (primary N) is 1. The van der Waals surface area contributed by atoms with E-state index >= 15 is 0 Å². The molecule has 0 aliphatic heterocycles. The highest BCUT2D eigenvalue weighted by molar-refractivity contribution is 5.42. The predicted molar refractivity (Wildman–Crippen MR) is 86.4 cm³/mol. The molecule has 0 amide bonds. The number of hydrogen-bond acceptors (Lipinski definition) is 4. The van der Waals surface area contributed by atoms with Gasteiger partial charge in [-0.25, -0.2) is 4.98 Å². The van der Waals surface area contributed by atoms with Crippen LogP contribution < -0.4 is 16.2 Å². The Morgan fingerprint density at radius 3 is 2.57 bits per heavy atom. The minimum atomic E-state index is -0.0381. The number of hydrogen-bond donors (Lipinski definition) is 1. The largest absolute Gasteiger partial charge is 0.399 e. The molecule has 0 radical (unpaired) electrons. The van der Waals surface area contributed by atoms with Crippen LogP contribution in [-0.4, -0.2) is 16.1 Å². The molecule has 0 unspecified atom stereocenters. The Hall–Kier alpha value is -2.30. The zero-order valence-corrected chi connectivity index (χ0v) is 12.6. The van der Waals surface area contributed by atoms with Crippen molar-refractivity contribution in [2.24, 2.45) is 0 Å². The van der Waals surface area contributed by atoms with Crippen LogP contribution in [0.15, 0.2) is 41.5 Å². The van der Waals surface area contributed by atoms with Gasteiger partial charge < -0.3 is 15.2 Å². The third-order valence-corrected chi connectivity index (χ3v) is 3.38. The Bertz CT molecular complexity index is 633. The number of nitrogen functional groups attached to an aromatic ring is 1. The lowest BCUT2D eigenvalue weighted by Gasteiger charge is -2.23. The monoisotopic (exact) mass is 286 g/mol. The predicted octanol–water partition coefficient (Wildman–Crippen LogP) is 2.26.